The zero-order valence-corrected chi connectivity index (χ0v) is 8.65. The number of aliphatic imine (C=N–C) groups is 1. The predicted octanol–water partition coefficient (Wildman–Crippen LogP) is 2.83. The van der Waals surface area contributed by atoms with E-state index < -0.39 is 11.7 Å². The molecule has 0 saturated heterocycles. The van der Waals surface area contributed by atoms with Gasteiger partial charge in [0.25, 0.3) is 5.91 Å². The highest BCUT2D eigenvalue weighted by Gasteiger charge is 2.11. The van der Waals surface area contributed by atoms with Crippen LogP contribution >= 0.6 is 28.1 Å². The first-order chi connectivity index (χ1) is 6.16. The van der Waals surface area contributed by atoms with Crippen molar-refractivity contribution in [2.24, 2.45) is 4.99 Å². The van der Waals surface area contributed by atoms with Crippen LogP contribution in [-0.2, 0) is 0 Å². The van der Waals surface area contributed by atoms with Gasteiger partial charge in [0, 0.05) is 0 Å². The van der Waals surface area contributed by atoms with Gasteiger partial charge < -0.3 is 0 Å². The van der Waals surface area contributed by atoms with Crippen LogP contribution in [0.4, 0.5) is 4.39 Å². The van der Waals surface area contributed by atoms with Crippen molar-refractivity contribution in [3.8, 4) is 0 Å². The predicted molar refractivity (Wildman–Crippen MR) is 53.5 cm³/mol. The fraction of sp³-hybridized carbons (Fsp3) is 0. The number of isothiocyanates is 1. The highest BCUT2D eigenvalue weighted by atomic mass is 79.9. The van der Waals surface area contributed by atoms with Crippen LogP contribution in [0.25, 0.3) is 0 Å². The molecule has 0 aliphatic carbocycles. The highest BCUT2D eigenvalue weighted by molar-refractivity contribution is 9.10. The number of halogens is 2. The smallest absolute Gasteiger partial charge is 0.266 e. The van der Waals surface area contributed by atoms with Crippen molar-refractivity contribution in [2.45, 2.75) is 0 Å². The Balaban J connectivity index is 3.22. The van der Waals surface area contributed by atoms with Crippen LogP contribution in [0.15, 0.2) is 27.7 Å². The standard InChI is InChI=1S/C8H3BrFNOS/c9-7-5(8(12)11-4-13)2-1-3-6(7)10/h1-3H. The summed E-state index contributed by atoms with van der Waals surface area (Å²) in [6, 6.07) is 4.11. The summed E-state index contributed by atoms with van der Waals surface area (Å²) in [5.41, 5.74) is 0.136. The van der Waals surface area contributed by atoms with Crippen molar-refractivity contribution in [3.63, 3.8) is 0 Å². The first kappa shape index (κ1) is 10.2. The molecule has 0 aromatic heterocycles. The molecule has 5 heteroatoms. The van der Waals surface area contributed by atoms with Crippen molar-refractivity contribution >= 4 is 39.2 Å². The van der Waals surface area contributed by atoms with E-state index in [1.807, 2.05) is 5.16 Å². The molecule has 0 bridgehead atoms. The Hall–Kier alpha value is -0.900. The molecule has 13 heavy (non-hydrogen) atoms. The van der Waals surface area contributed by atoms with Gasteiger partial charge in [0.05, 0.1) is 15.2 Å². The number of nitrogens with zero attached hydrogens (tertiary/aromatic N) is 1. The lowest BCUT2D eigenvalue weighted by Gasteiger charge is -1.98. The Morgan fingerprint density at radius 1 is 1.62 bits per heavy atom. The first-order valence-electron chi connectivity index (χ1n) is 3.23. The van der Waals surface area contributed by atoms with Crippen molar-refractivity contribution < 1.29 is 9.18 Å². The summed E-state index contributed by atoms with van der Waals surface area (Å²) in [6.45, 7) is 0. The third-order valence-electron chi connectivity index (χ3n) is 1.33. The average Bonchev–Trinajstić information content (AvgIpc) is 2.10. The molecule has 0 aliphatic rings. The largest absolute Gasteiger partial charge is 0.287 e. The van der Waals surface area contributed by atoms with Gasteiger partial charge in [-0.25, -0.2) is 4.39 Å². The maximum Gasteiger partial charge on any atom is 0.287 e. The Kier molecular flexibility index (Phi) is 3.42. The molecule has 0 atom stereocenters. The van der Waals surface area contributed by atoms with Gasteiger partial charge in [-0.05, 0) is 40.3 Å². The topological polar surface area (TPSA) is 29.4 Å². The van der Waals surface area contributed by atoms with Gasteiger partial charge in [0.1, 0.15) is 5.82 Å². The number of carbonyl (C=O) groups is 1. The van der Waals surface area contributed by atoms with Gasteiger partial charge in [-0.15, -0.1) is 0 Å². The molecule has 0 heterocycles. The van der Waals surface area contributed by atoms with Gasteiger partial charge in [-0.2, -0.15) is 4.99 Å². The molecule has 0 unspecified atom stereocenters. The summed E-state index contributed by atoms with van der Waals surface area (Å²) >= 11 is 7.19. The Labute approximate surface area is 87.6 Å². The van der Waals surface area contributed by atoms with E-state index in [-0.39, 0.29) is 10.0 Å². The molecule has 1 rings (SSSR count). The zero-order valence-electron chi connectivity index (χ0n) is 6.25. The van der Waals surface area contributed by atoms with Crippen LogP contribution in [0.5, 0.6) is 0 Å². The van der Waals surface area contributed by atoms with Crippen LogP contribution in [0.3, 0.4) is 0 Å². The maximum absolute atomic E-state index is 12.9. The number of thiocarbonyl (C=S) groups is 1. The lowest BCUT2D eigenvalue weighted by molar-refractivity contribution is 0.100. The van der Waals surface area contributed by atoms with Gasteiger partial charge in [0.2, 0.25) is 0 Å². The van der Waals surface area contributed by atoms with Crippen molar-refractivity contribution in [1.29, 1.82) is 0 Å². The third kappa shape index (κ3) is 2.28. The minimum Gasteiger partial charge on any atom is -0.266 e. The molecule has 2 nitrogen and oxygen atoms in total. The van der Waals surface area contributed by atoms with E-state index in [0.717, 1.165) is 0 Å². The molecular weight excluding hydrogens is 257 g/mol. The molecule has 0 radical (unpaired) electrons. The van der Waals surface area contributed by atoms with Gasteiger partial charge in [0.15, 0.2) is 0 Å². The third-order valence-corrected chi connectivity index (χ3v) is 2.23. The van der Waals surface area contributed by atoms with E-state index in [0.29, 0.717) is 0 Å². The summed E-state index contributed by atoms with van der Waals surface area (Å²) in [4.78, 5) is 14.4. The normalized spacial score (nSPS) is 9.08. The van der Waals surface area contributed by atoms with E-state index >= 15 is 0 Å². The highest BCUT2D eigenvalue weighted by Crippen LogP contribution is 2.20. The monoisotopic (exact) mass is 259 g/mol. The number of hydrogen-bond donors (Lipinski definition) is 0. The molecule has 0 N–H and O–H groups in total. The summed E-state index contributed by atoms with van der Waals surface area (Å²) in [5.74, 6) is -1.12. The van der Waals surface area contributed by atoms with Crippen LogP contribution in [0, 0.1) is 5.82 Å². The molecular formula is C8H3BrFNOS. The van der Waals surface area contributed by atoms with Crippen LogP contribution in [0.2, 0.25) is 0 Å². The number of hydrogen-bond acceptors (Lipinski definition) is 2. The van der Waals surface area contributed by atoms with E-state index in [1.54, 1.807) is 0 Å². The SMILES string of the molecule is O=C(N=C=S)c1cccc(F)c1Br. The van der Waals surface area contributed by atoms with Crippen LogP contribution in [0.1, 0.15) is 10.4 Å². The second-order valence-electron chi connectivity index (χ2n) is 2.11. The van der Waals surface area contributed by atoms with Crippen LogP contribution < -0.4 is 0 Å². The summed E-state index contributed by atoms with van der Waals surface area (Å²) in [5, 5.41) is 1.93. The van der Waals surface area contributed by atoms with Crippen molar-refractivity contribution in [1.82, 2.24) is 0 Å². The molecule has 0 fully saturated rings. The second-order valence-corrected chi connectivity index (χ2v) is 3.09. The summed E-state index contributed by atoms with van der Waals surface area (Å²) in [6.07, 6.45) is 0. The van der Waals surface area contributed by atoms with E-state index in [2.05, 4.69) is 33.1 Å². The summed E-state index contributed by atoms with van der Waals surface area (Å²) in [7, 11) is 0. The molecule has 0 saturated carbocycles. The van der Waals surface area contributed by atoms with E-state index in [4.69, 9.17) is 0 Å². The van der Waals surface area contributed by atoms with Crippen LogP contribution in [-0.4, -0.2) is 11.1 Å². The summed E-state index contributed by atoms with van der Waals surface area (Å²) < 4.78 is 13.0. The Morgan fingerprint density at radius 2 is 2.31 bits per heavy atom. The van der Waals surface area contributed by atoms with Crippen molar-refractivity contribution in [2.75, 3.05) is 0 Å². The van der Waals surface area contributed by atoms with E-state index in [9.17, 15) is 9.18 Å². The Morgan fingerprint density at radius 3 is 2.92 bits per heavy atom. The number of rotatable bonds is 1. The molecule has 1 aromatic rings. The van der Waals surface area contributed by atoms with Crippen molar-refractivity contribution in [3.05, 3.63) is 34.1 Å². The lowest BCUT2D eigenvalue weighted by Crippen LogP contribution is -1.96. The molecule has 0 aliphatic heterocycles. The zero-order chi connectivity index (χ0) is 9.84. The number of amides is 1. The molecule has 66 valence electrons. The maximum atomic E-state index is 12.9. The van der Waals surface area contributed by atoms with Gasteiger partial charge >= 0.3 is 0 Å². The number of benzene rings is 1. The second kappa shape index (κ2) is 4.37. The average molecular weight is 260 g/mol. The van der Waals surface area contributed by atoms with Gasteiger partial charge in [-0.1, -0.05) is 6.07 Å². The molecule has 0 spiro atoms. The fourth-order valence-corrected chi connectivity index (χ4v) is 1.29. The molecule has 1 amide bonds. The quantitative estimate of drug-likeness (QED) is 0.574. The number of carbonyl (C=O) groups excluding carboxylic acids is 1. The minimum absolute atomic E-state index is 0.0917. The first-order valence-corrected chi connectivity index (χ1v) is 4.43. The van der Waals surface area contributed by atoms with E-state index in [1.165, 1.54) is 18.2 Å². The minimum atomic E-state index is -0.610. The Bertz CT molecular complexity index is 401. The molecule has 1 aromatic carbocycles. The fourth-order valence-electron chi connectivity index (χ4n) is 0.771. The van der Waals surface area contributed by atoms with Gasteiger partial charge in [-0.3, -0.25) is 4.79 Å². The lowest BCUT2D eigenvalue weighted by atomic mass is 10.2.